The number of rotatable bonds is 3. The lowest BCUT2D eigenvalue weighted by Gasteiger charge is -2.30. The van der Waals surface area contributed by atoms with E-state index < -0.39 is 0 Å². The second-order valence-corrected chi connectivity index (χ2v) is 2.53. The first-order valence-corrected chi connectivity index (χ1v) is 3.80. The molecule has 0 spiro atoms. The van der Waals surface area contributed by atoms with E-state index in [1.165, 1.54) is 0 Å². The van der Waals surface area contributed by atoms with Crippen molar-refractivity contribution < 1.29 is 0 Å². The van der Waals surface area contributed by atoms with Gasteiger partial charge in [-0.15, -0.1) is 13.2 Å². The van der Waals surface area contributed by atoms with Crippen molar-refractivity contribution in [2.45, 2.75) is 0 Å². The average molecular weight is 147 g/mol. The first-order chi connectivity index (χ1) is 5.38. The predicted molar refractivity (Wildman–Crippen MR) is 53.4 cm³/mol. The van der Waals surface area contributed by atoms with Crippen molar-refractivity contribution in [2.75, 3.05) is 6.54 Å². The molecular formula is C5H12B3N3. The van der Waals surface area contributed by atoms with Crippen molar-refractivity contribution in [1.82, 2.24) is 15.0 Å². The maximum absolute atomic E-state index is 3.75. The highest BCUT2D eigenvalue weighted by Gasteiger charge is 2.22. The van der Waals surface area contributed by atoms with Crippen molar-refractivity contribution >= 4 is 22.1 Å². The molecule has 0 aromatic rings. The number of nitrogens with zero attached hydrogens (tertiary/aromatic N) is 1. The molecule has 2 N–H and O–H groups in total. The van der Waals surface area contributed by atoms with E-state index in [9.17, 15) is 0 Å². The normalized spacial score (nSPS) is 18.4. The Morgan fingerprint density at radius 2 is 2.36 bits per heavy atom. The zero-order valence-corrected chi connectivity index (χ0v) is 6.71. The molecule has 0 bridgehead atoms. The van der Waals surface area contributed by atoms with Crippen molar-refractivity contribution in [3.8, 4) is 0 Å². The second-order valence-electron chi connectivity index (χ2n) is 2.53. The standard InChI is InChI=1S/C5H12B3N3/c1-3-5-11-7-9-6-10-8(11)4-2/h3-4,6-7,9-10H,1-2,5H2. The van der Waals surface area contributed by atoms with Crippen molar-refractivity contribution in [3.63, 3.8) is 0 Å². The summed E-state index contributed by atoms with van der Waals surface area (Å²) in [7, 11) is 1.75. The summed E-state index contributed by atoms with van der Waals surface area (Å²) in [6, 6.07) is 0. The van der Waals surface area contributed by atoms with Gasteiger partial charge in [-0.05, 0) is 6.54 Å². The SMILES string of the molecule is C=CCN1BNBNB1C=C. The van der Waals surface area contributed by atoms with Crippen LogP contribution in [0.2, 0.25) is 0 Å². The summed E-state index contributed by atoms with van der Waals surface area (Å²) in [6.45, 7) is 8.61. The van der Waals surface area contributed by atoms with E-state index in [4.69, 9.17) is 0 Å². The molecule has 0 saturated carbocycles. The Hall–Kier alpha value is -0.445. The van der Waals surface area contributed by atoms with Crippen LogP contribution in [-0.4, -0.2) is 33.3 Å². The third-order valence-corrected chi connectivity index (χ3v) is 1.73. The Balaban J connectivity index is 2.43. The van der Waals surface area contributed by atoms with E-state index in [0.29, 0.717) is 0 Å². The van der Waals surface area contributed by atoms with Crippen LogP contribution >= 0.6 is 0 Å². The summed E-state index contributed by atoms with van der Waals surface area (Å²) < 4.78 is 2.21. The van der Waals surface area contributed by atoms with Crippen LogP contribution in [0.1, 0.15) is 0 Å². The van der Waals surface area contributed by atoms with Gasteiger partial charge in [0.25, 0.3) is 15.1 Å². The van der Waals surface area contributed by atoms with Gasteiger partial charge < -0.3 is 15.0 Å². The monoisotopic (exact) mass is 147 g/mol. The van der Waals surface area contributed by atoms with E-state index in [2.05, 4.69) is 28.2 Å². The molecule has 0 amide bonds. The zero-order chi connectivity index (χ0) is 8.10. The van der Waals surface area contributed by atoms with Crippen LogP contribution in [0.5, 0.6) is 0 Å². The summed E-state index contributed by atoms with van der Waals surface area (Å²) in [4.78, 5) is 0. The number of nitrogens with one attached hydrogen (secondary N) is 2. The van der Waals surface area contributed by atoms with Crippen molar-refractivity contribution in [1.29, 1.82) is 0 Å². The molecule has 0 unspecified atom stereocenters. The van der Waals surface area contributed by atoms with Crippen LogP contribution in [0.4, 0.5) is 0 Å². The smallest absolute Gasteiger partial charge is 0.314 e. The van der Waals surface area contributed by atoms with Crippen LogP contribution in [0.15, 0.2) is 25.2 Å². The van der Waals surface area contributed by atoms with Gasteiger partial charge in [0, 0.05) is 0 Å². The van der Waals surface area contributed by atoms with E-state index in [1.54, 1.807) is 0 Å². The molecular weight excluding hydrogens is 135 g/mol. The van der Waals surface area contributed by atoms with Crippen molar-refractivity contribution in [3.05, 3.63) is 25.2 Å². The lowest BCUT2D eigenvalue weighted by atomic mass is 9.62. The Morgan fingerprint density at radius 3 is 3.00 bits per heavy atom. The molecule has 1 heterocycles. The van der Waals surface area contributed by atoms with Crippen molar-refractivity contribution in [2.24, 2.45) is 0 Å². The van der Waals surface area contributed by atoms with Gasteiger partial charge in [0.05, 0.1) is 0 Å². The Bertz CT molecular complexity index is 152. The molecule has 1 aliphatic heterocycles. The highest BCUT2D eigenvalue weighted by molar-refractivity contribution is 6.77. The molecule has 56 valence electrons. The van der Waals surface area contributed by atoms with E-state index in [0.717, 1.165) is 21.6 Å². The first-order valence-electron chi connectivity index (χ1n) is 3.80. The molecule has 1 saturated heterocycles. The molecule has 1 rings (SSSR count). The third-order valence-electron chi connectivity index (χ3n) is 1.73. The first kappa shape index (κ1) is 8.65. The number of hydrogen-bond acceptors (Lipinski definition) is 3. The summed E-state index contributed by atoms with van der Waals surface area (Å²) in [5.74, 6) is 1.91. The second kappa shape index (κ2) is 4.44. The molecule has 1 fully saturated rings. The molecule has 0 atom stereocenters. The molecule has 3 nitrogen and oxygen atoms in total. The largest absolute Gasteiger partial charge is 0.377 e. The quantitative estimate of drug-likeness (QED) is 0.372. The minimum Gasteiger partial charge on any atom is -0.377 e. The van der Waals surface area contributed by atoms with E-state index in [-0.39, 0.29) is 6.98 Å². The van der Waals surface area contributed by atoms with Crippen LogP contribution in [0.25, 0.3) is 0 Å². The van der Waals surface area contributed by atoms with Crippen LogP contribution < -0.4 is 10.3 Å². The van der Waals surface area contributed by atoms with Gasteiger partial charge in [-0.3, -0.25) is 0 Å². The summed E-state index contributed by atoms with van der Waals surface area (Å²) in [5.41, 5.74) is 0. The zero-order valence-electron chi connectivity index (χ0n) is 6.71. The molecule has 1 aliphatic rings. The molecule has 6 heteroatoms. The minimum atomic E-state index is 0.286. The molecule has 0 aromatic heterocycles. The minimum absolute atomic E-state index is 0.286. The maximum atomic E-state index is 3.75. The van der Waals surface area contributed by atoms with E-state index in [1.807, 2.05) is 12.1 Å². The topological polar surface area (TPSA) is 27.3 Å². The Morgan fingerprint density at radius 1 is 1.55 bits per heavy atom. The fourth-order valence-corrected chi connectivity index (χ4v) is 1.18. The molecule has 11 heavy (non-hydrogen) atoms. The lowest BCUT2D eigenvalue weighted by Crippen LogP contribution is -2.64. The lowest BCUT2D eigenvalue weighted by molar-refractivity contribution is 0.720. The Kier molecular flexibility index (Phi) is 3.49. The van der Waals surface area contributed by atoms with Gasteiger partial charge in [-0.25, -0.2) is 0 Å². The maximum Gasteiger partial charge on any atom is 0.314 e. The van der Waals surface area contributed by atoms with Crippen LogP contribution in [-0.2, 0) is 0 Å². The van der Waals surface area contributed by atoms with Gasteiger partial charge in [0.1, 0.15) is 0 Å². The van der Waals surface area contributed by atoms with E-state index >= 15 is 0 Å². The summed E-state index contributed by atoms with van der Waals surface area (Å²) >= 11 is 0. The van der Waals surface area contributed by atoms with Gasteiger partial charge in [-0.2, -0.15) is 0 Å². The fraction of sp³-hybridized carbons (Fsp3) is 0.200. The highest BCUT2D eigenvalue weighted by atomic mass is 15.1. The number of hydrogen-bond donors (Lipinski definition) is 2. The summed E-state index contributed by atoms with van der Waals surface area (Å²) in [5, 5.41) is 6.46. The van der Waals surface area contributed by atoms with Gasteiger partial charge in [-0.1, -0.05) is 12.1 Å². The Labute approximate surface area is 69.6 Å². The molecule has 0 aromatic carbocycles. The average Bonchev–Trinajstić information content (AvgIpc) is 2.06. The van der Waals surface area contributed by atoms with Gasteiger partial charge in [0.15, 0.2) is 0 Å². The molecule has 0 aliphatic carbocycles. The third kappa shape index (κ3) is 2.25. The summed E-state index contributed by atoms with van der Waals surface area (Å²) in [6.07, 6.45) is 1.89. The van der Waals surface area contributed by atoms with Gasteiger partial charge in [0.2, 0.25) is 0 Å². The fourth-order valence-electron chi connectivity index (χ4n) is 1.18. The predicted octanol–water partition coefficient (Wildman–Crippen LogP) is -1.59. The van der Waals surface area contributed by atoms with Crippen LogP contribution in [0, 0.1) is 0 Å². The molecule has 0 radical (unpaired) electrons. The highest BCUT2D eigenvalue weighted by Crippen LogP contribution is 1.92. The van der Waals surface area contributed by atoms with Crippen LogP contribution in [0.3, 0.4) is 0 Å². The van der Waals surface area contributed by atoms with Gasteiger partial charge >= 0.3 is 6.98 Å².